The van der Waals surface area contributed by atoms with Crippen molar-refractivity contribution >= 4 is 17.5 Å². The average molecular weight is 292 g/mol. The van der Waals surface area contributed by atoms with Crippen LogP contribution in [0.3, 0.4) is 0 Å². The second-order valence-electron chi connectivity index (χ2n) is 5.33. The van der Waals surface area contributed by atoms with Gasteiger partial charge in [-0.1, -0.05) is 0 Å². The number of aromatic nitrogens is 1. The molecule has 1 fully saturated rings. The topological polar surface area (TPSA) is 71.7 Å². The Balaban J connectivity index is 2.07. The Morgan fingerprint density at radius 3 is 2.86 bits per heavy atom. The first kappa shape index (κ1) is 15.6. The summed E-state index contributed by atoms with van der Waals surface area (Å²) in [6.07, 6.45) is 4.13. The van der Waals surface area contributed by atoms with Crippen LogP contribution >= 0.6 is 0 Å². The lowest BCUT2D eigenvalue weighted by atomic mass is 10.2. The molecule has 2 rings (SSSR count). The van der Waals surface area contributed by atoms with Gasteiger partial charge >= 0.3 is 5.97 Å². The number of ether oxygens (including phenoxy) is 1. The lowest BCUT2D eigenvalue weighted by Crippen LogP contribution is -2.32. The second kappa shape index (κ2) is 7.26. The van der Waals surface area contributed by atoms with Crippen LogP contribution in [0.2, 0.25) is 0 Å². The lowest BCUT2D eigenvalue weighted by Gasteiger charge is -2.23. The zero-order valence-corrected chi connectivity index (χ0v) is 12.8. The molecule has 6 heteroatoms. The first-order chi connectivity index (χ1) is 10.1. The average Bonchev–Trinajstić information content (AvgIpc) is 2.98. The summed E-state index contributed by atoms with van der Waals surface area (Å²) in [6, 6.07) is 1.63. The van der Waals surface area contributed by atoms with Gasteiger partial charge in [0.25, 0.3) is 0 Å². The molecule has 0 unspecified atom stereocenters. The Kier molecular flexibility index (Phi) is 5.38. The number of carbonyl (C=O) groups is 1. The minimum absolute atomic E-state index is 0.338. The summed E-state index contributed by atoms with van der Waals surface area (Å²) in [5, 5.41) is 0. The quantitative estimate of drug-likeness (QED) is 0.799. The molecule has 0 saturated carbocycles. The van der Waals surface area contributed by atoms with Crippen LogP contribution in [-0.4, -0.2) is 55.7 Å². The van der Waals surface area contributed by atoms with Crippen LogP contribution in [-0.2, 0) is 4.74 Å². The molecular weight excluding hydrogens is 268 g/mol. The van der Waals surface area contributed by atoms with Crippen molar-refractivity contribution in [3.63, 3.8) is 0 Å². The first-order valence-corrected chi connectivity index (χ1v) is 7.48. The number of anilines is 2. The minimum atomic E-state index is -0.375. The van der Waals surface area contributed by atoms with Crippen molar-refractivity contribution in [2.24, 2.45) is 0 Å². The van der Waals surface area contributed by atoms with Gasteiger partial charge in [0.2, 0.25) is 0 Å². The molecule has 2 N–H and O–H groups in total. The predicted molar refractivity (Wildman–Crippen MR) is 83.5 cm³/mol. The van der Waals surface area contributed by atoms with Crippen molar-refractivity contribution in [1.82, 2.24) is 9.88 Å². The van der Waals surface area contributed by atoms with E-state index < -0.39 is 0 Å². The molecule has 0 aromatic carbocycles. The molecule has 6 nitrogen and oxygen atoms in total. The van der Waals surface area contributed by atoms with Gasteiger partial charge in [-0.05, 0) is 38.9 Å². The molecule has 1 aromatic heterocycles. The fraction of sp³-hybridized carbons (Fsp3) is 0.600. The van der Waals surface area contributed by atoms with Gasteiger partial charge in [-0.2, -0.15) is 0 Å². The Labute approximate surface area is 125 Å². The van der Waals surface area contributed by atoms with E-state index in [1.165, 1.54) is 12.8 Å². The van der Waals surface area contributed by atoms with E-state index in [0.29, 0.717) is 23.7 Å². The summed E-state index contributed by atoms with van der Waals surface area (Å²) in [6.45, 7) is 6.24. The number of rotatable bonds is 6. The summed E-state index contributed by atoms with van der Waals surface area (Å²) >= 11 is 0. The molecular formula is C15H24N4O2. The molecule has 0 aliphatic carbocycles. The highest BCUT2D eigenvalue weighted by molar-refractivity contribution is 5.95. The van der Waals surface area contributed by atoms with Gasteiger partial charge in [-0.25, -0.2) is 9.78 Å². The van der Waals surface area contributed by atoms with Crippen LogP contribution in [0.1, 0.15) is 30.1 Å². The van der Waals surface area contributed by atoms with Crippen molar-refractivity contribution in [2.75, 3.05) is 50.5 Å². The molecule has 2 heterocycles. The smallest absolute Gasteiger partial charge is 0.341 e. The summed E-state index contributed by atoms with van der Waals surface area (Å²) in [5.74, 6) is 0.252. The van der Waals surface area contributed by atoms with Gasteiger partial charge in [0, 0.05) is 20.1 Å². The van der Waals surface area contributed by atoms with Gasteiger partial charge in [0.1, 0.15) is 11.4 Å². The largest absolute Gasteiger partial charge is 0.462 e. The van der Waals surface area contributed by atoms with E-state index in [9.17, 15) is 4.79 Å². The lowest BCUT2D eigenvalue weighted by molar-refractivity contribution is 0.0526. The molecule has 1 aromatic rings. The molecule has 0 atom stereocenters. The third kappa shape index (κ3) is 4.07. The Morgan fingerprint density at radius 1 is 1.48 bits per heavy atom. The summed E-state index contributed by atoms with van der Waals surface area (Å²) in [5.41, 5.74) is 6.64. The fourth-order valence-corrected chi connectivity index (χ4v) is 2.54. The maximum Gasteiger partial charge on any atom is 0.341 e. The van der Waals surface area contributed by atoms with Gasteiger partial charge in [0.05, 0.1) is 18.5 Å². The van der Waals surface area contributed by atoms with Crippen LogP contribution in [0.25, 0.3) is 0 Å². The van der Waals surface area contributed by atoms with Crippen molar-refractivity contribution < 1.29 is 9.53 Å². The summed E-state index contributed by atoms with van der Waals surface area (Å²) in [7, 11) is 1.94. The van der Waals surface area contributed by atoms with Crippen LogP contribution in [0.5, 0.6) is 0 Å². The molecule has 1 aliphatic rings. The third-order valence-electron chi connectivity index (χ3n) is 3.70. The van der Waals surface area contributed by atoms with E-state index in [2.05, 4.69) is 9.88 Å². The third-order valence-corrected chi connectivity index (χ3v) is 3.70. The Bertz CT molecular complexity index is 487. The molecule has 116 valence electrons. The van der Waals surface area contributed by atoms with Crippen molar-refractivity contribution in [1.29, 1.82) is 0 Å². The number of pyridine rings is 1. The maximum absolute atomic E-state index is 12.0. The van der Waals surface area contributed by atoms with Crippen molar-refractivity contribution in [3.8, 4) is 0 Å². The number of nitrogen functional groups attached to an aromatic ring is 1. The van der Waals surface area contributed by atoms with Crippen molar-refractivity contribution in [3.05, 3.63) is 17.8 Å². The van der Waals surface area contributed by atoms with E-state index in [-0.39, 0.29) is 5.97 Å². The SMILES string of the molecule is CCOC(=O)c1cc(N)cnc1N(C)CCN1CCCC1. The molecule has 1 aliphatic heterocycles. The number of likely N-dealkylation sites (N-methyl/N-ethyl adjacent to an activating group) is 1. The molecule has 0 spiro atoms. The molecule has 0 amide bonds. The Hall–Kier alpha value is -1.82. The predicted octanol–water partition coefficient (Wildman–Crippen LogP) is 1.37. The van der Waals surface area contributed by atoms with E-state index in [1.807, 2.05) is 11.9 Å². The monoisotopic (exact) mass is 292 g/mol. The van der Waals surface area contributed by atoms with Gasteiger partial charge < -0.3 is 20.3 Å². The summed E-state index contributed by atoms with van der Waals surface area (Å²) in [4.78, 5) is 20.8. The zero-order valence-electron chi connectivity index (χ0n) is 12.8. The number of carbonyl (C=O) groups excluding carboxylic acids is 1. The van der Waals surface area contributed by atoms with E-state index in [0.717, 1.165) is 26.2 Å². The number of hydrogen-bond donors (Lipinski definition) is 1. The van der Waals surface area contributed by atoms with Crippen LogP contribution in [0, 0.1) is 0 Å². The molecule has 0 radical (unpaired) electrons. The number of nitrogens with zero attached hydrogens (tertiary/aromatic N) is 3. The standard InChI is InChI=1S/C15H24N4O2/c1-3-21-15(20)13-10-12(16)11-17-14(13)18(2)8-9-19-6-4-5-7-19/h10-11H,3-9,16H2,1-2H3. The normalized spacial score (nSPS) is 15.1. The highest BCUT2D eigenvalue weighted by Crippen LogP contribution is 2.20. The van der Waals surface area contributed by atoms with Crippen LogP contribution in [0.4, 0.5) is 11.5 Å². The highest BCUT2D eigenvalue weighted by Gasteiger charge is 2.19. The number of likely N-dealkylation sites (tertiary alicyclic amines) is 1. The van der Waals surface area contributed by atoms with Gasteiger partial charge in [-0.15, -0.1) is 0 Å². The van der Waals surface area contributed by atoms with E-state index in [4.69, 9.17) is 10.5 Å². The van der Waals surface area contributed by atoms with Crippen LogP contribution in [0.15, 0.2) is 12.3 Å². The maximum atomic E-state index is 12.0. The van der Waals surface area contributed by atoms with E-state index >= 15 is 0 Å². The Morgan fingerprint density at radius 2 is 2.19 bits per heavy atom. The van der Waals surface area contributed by atoms with E-state index in [1.54, 1.807) is 19.2 Å². The zero-order chi connectivity index (χ0) is 15.2. The van der Waals surface area contributed by atoms with Crippen LogP contribution < -0.4 is 10.6 Å². The summed E-state index contributed by atoms with van der Waals surface area (Å²) < 4.78 is 5.08. The van der Waals surface area contributed by atoms with Gasteiger partial charge in [-0.3, -0.25) is 0 Å². The fourth-order valence-electron chi connectivity index (χ4n) is 2.54. The number of esters is 1. The molecule has 21 heavy (non-hydrogen) atoms. The number of hydrogen-bond acceptors (Lipinski definition) is 6. The molecule has 0 bridgehead atoms. The second-order valence-corrected chi connectivity index (χ2v) is 5.33. The highest BCUT2D eigenvalue weighted by atomic mass is 16.5. The van der Waals surface area contributed by atoms with Crippen molar-refractivity contribution in [2.45, 2.75) is 19.8 Å². The molecule has 1 saturated heterocycles. The number of nitrogens with two attached hydrogens (primary N) is 1. The van der Waals surface area contributed by atoms with Gasteiger partial charge in [0.15, 0.2) is 0 Å². The first-order valence-electron chi connectivity index (χ1n) is 7.48. The minimum Gasteiger partial charge on any atom is -0.462 e.